The zero-order valence-corrected chi connectivity index (χ0v) is 19.5. The van der Waals surface area contributed by atoms with Gasteiger partial charge in [0.2, 0.25) is 0 Å². The lowest BCUT2D eigenvalue weighted by Gasteiger charge is -2.08. The maximum absolute atomic E-state index is 12.4. The first-order valence-corrected chi connectivity index (χ1v) is 10.9. The molecule has 4 rings (SSSR count). The standard InChI is InChI=1S/C26H21ClN4O4/c1-34-26(33)19-8-6-17(7-9-19)15-28-31-25(32)24-14-23(29-30-24)18-10-12-21(13-11-18)35-16-20-4-2-3-5-22(20)27/h2-15H,16H2,1H3,(H,29,30)(H,31,32). The van der Waals surface area contributed by atoms with Crippen molar-refractivity contribution in [1.82, 2.24) is 15.6 Å². The summed E-state index contributed by atoms with van der Waals surface area (Å²) in [6.45, 7) is 0.363. The number of rotatable bonds is 8. The van der Waals surface area contributed by atoms with E-state index in [2.05, 4.69) is 25.5 Å². The van der Waals surface area contributed by atoms with Crippen LogP contribution in [-0.2, 0) is 11.3 Å². The Balaban J connectivity index is 1.32. The molecule has 3 aromatic carbocycles. The molecule has 2 N–H and O–H groups in total. The van der Waals surface area contributed by atoms with Gasteiger partial charge in [-0.25, -0.2) is 10.2 Å². The van der Waals surface area contributed by atoms with Crippen molar-refractivity contribution in [3.8, 4) is 17.0 Å². The van der Waals surface area contributed by atoms with Gasteiger partial charge in [0.05, 0.1) is 24.6 Å². The number of H-pyrrole nitrogens is 1. The predicted molar refractivity (Wildman–Crippen MR) is 133 cm³/mol. The van der Waals surface area contributed by atoms with Crippen LogP contribution < -0.4 is 10.2 Å². The Morgan fingerprint density at radius 3 is 2.51 bits per heavy atom. The first kappa shape index (κ1) is 23.7. The van der Waals surface area contributed by atoms with Crippen molar-refractivity contribution in [3.05, 3.63) is 106 Å². The molecule has 0 spiro atoms. The van der Waals surface area contributed by atoms with Crippen LogP contribution in [0.25, 0.3) is 11.3 Å². The smallest absolute Gasteiger partial charge is 0.337 e. The monoisotopic (exact) mass is 488 g/mol. The van der Waals surface area contributed by atoms with Crippen molar-refractivity contribution in [1.29, 1.82) is 0 Å². The van der Waals surface area contributed by atoms with Gasteiger partial charge in [-0.1, -0.05) is 41.9 Å². The van der Waals surface area contributed by atoms with E-state index in [4.69, 9.17) is 16.3 Å². The van der Waals surface area contributed by atoms with Gasteiger partial charge in [-0.15, -0.1) is 0 Å². The lowest BCUT2D eigenvalue weighted by atomic mass is 10.1. The summed E-state index contributed by atoms with van der Waals surface area (Å²) in [6, 6.07) is 23.1. The highest BCUT2D eigenvalue weighted by Gasteiger charge is 2.11. The molecule has 176 valence electrons. The van der Waals surface area contributed by atoms with Gasteiger partial charge in [0.1, 0.15) is 18.1 Å². The van der Waals surface area contributed by atoms with E-state index < -0.39 is 11.9 Å². The zero-order chi connectivity index (χ0) is 24.6. The van der Waals surface area contributed by atoms with Crippen molar-refractivity contribution < 1.29 is 19.1 Å². The van der Waals surface area contributed by atoms with Crippen LogP contribution in [0.15, 0.2) is 84.0 Å². The minimum absolute atomic E-state index is 0.261. The fourth-order valence-corrected chi connectivity index (χ4v) is 3.32. The summed E-state index contributed by atoms with van der Waals surface area (Å²) in [7, 11) is 1.32. The number of aromatic nitrogens is 2. The van der Waals surface area contributed by atoms with Gasteiger partial charge in [0.25, 0.3) is 5.91 Å². The molecule has 4 aromatic rings. The lowest BCUT2D eigenvalue weighted by molar-refractivity contribution is 0.0600. The lowest BCUT2D eigenvalue weighted by Crippen LogP contribution is -2.18. The van der Waals surface area contributed by atoms with Crippen LogP contribution in [-0.4, -0.2) is 35.4 Å². The number of carbonyl (C=O) groups excluding carboxylic acids is 2. The van der Waals surface area contributed by atoms with Crippen molar-refractivity contribution in [2.45, 2.75) is 6.61 Å². The summed E-state index contributed by atoms with van der Waals surface area (Å²) >= 11 is 6.16. The summed E-state index contributed by atoms with van der Waals surface area (Å²) in [5.74, 6) is -0.168. The Morgan fingerprint density at radius 1 is 1.06 bits per heavy atom. The number of nitrogens with zero attached hydrogens (tertiary/aromatic N) is 2. The van der Waals surface area contributed by atoms with Gasteiger partial charge in [-0.05, 0) is 54.1 Å². The maximum atomic E-state index is 12.4. The minimum atomic E-state index is -0.439. The number of esters is 1. The van der Waals surface area contributed by atoms with Gasteiger partial charge in [0, 0.05) is 16.1 Å². The largest absolute Gasteiger partial charge is 0.489 e. The van der Waals surface area contributed by atoms with Crippen LogP contribution in [0, 0.1) is 0 Å². The fourth-order valence-electron chi connectivity index (χ4n) is 3.13. The van der Waals surface area contributed by atoms with E-state index in [0.29, 0.717) is 34.2 Å². The predicted octanol–water partition coefficient (Wildman–Crippen LogP) is 4.86. The van der Waals surface area contributed by atoms with Gasteiger partial charge < -0.3 is 9.47 Å². The molecule has 1 aromatic heterocycles. The molecule has 35 heavy (non-hydrogen) atoms. The van der Waals surface area contributed by atoms with Crippen LogP contribution in [0.3, 0.4) is 0 Å². The van der Waals surface area contributed by atoms with Crippen molar-refractivity contribution in [2.24, 2.45) is 5.10 Å². The van der Waals surface area contributed by atoms with E-state index in [1.807, 2.05) is 48.5 Å². The zero-order valence-electron chi connectivity index (χ0n) is 18.7. The summed E-state index contributed by atoms with van der Waals surface area (Å²) in [6.07, 6.45) is 1.47. The van der Waals surface area contributed by atoms with Gasteiger partial charge in [-0.3, -0.25) is 9.89 Å². The molecule has 1 amide bonds. The normalized spacial score (nSPS) is 10.8. The molecule has 1 heterocycles. The molecule has 0 saturated heterocycles. The second-order valence-corrected chi connectivity index (χ2v) is 7.79. The number of methoxy groups -OCH3 is 1. The third-order valence-electron chi connectivity index (χ3n) is 5.04. The third-order valence-corrected chi connectivity index (χ3v) is 5.40. The molecule has 0 saturated carbocycles. The van der Waals surface area contributed by atoms with Gasteiger partial charge in [0.15, 0.2) is 0 Å². The number of carbonyl (C=O) groups is 2. The molecule has 8 nitrogen and oxygen atoms in total. The van der Waals surface area contributed by atoms with Crippen LogP contribution >= 0.6 is 11.6 Å². The SMILES string of the molecule is COC(=O)c1ccc(C=NNC(=O)c2cc(-c3ccc(OCc4ccccc4Cl)cc3)n[nH]2)cc1. The highest BCUT2D eigenvalue weighted by atomic mass is 35.5. The number of ether oxygens (including phenoxy) is 2. The van der Waals surface area contributed by atoms with Gasteiger partial charge >= 0.3 is 5.97 Å². The van der Waals surface area contributed by atoms with Crippen molar-refractivity contribution in [2.75, 3.05) is 7.11 Å². The van der Waals surface area contributed by atoms with E-state index in [9.17, 15) is 9.59 Å². The molecule has 9 heteroatoms. The fraction of sp³-hybridized carbons (Fsp3) is 0.0769. The Labute approximate surface area is 206 Å². The van der Waals surface area contributed by atoms with Crippen LogP contribution in [0.1, 0.15) is 32.0 Å². The summed E-state index contributed by atoms with van der Waals surface area (Å²) in [5, 5.41) is 11.5. The Morgan fingerprint density at radius 2 is 1.80 bits per heavy atom. The second kappa shape index (κ2) is 11.1. The first-order chi connectivity index (χ1) is 17.0. The van der Waals surface area contributed by atoms with Crippen LogP contribution in [0.2, 0.25) is 5.02 Å². The number of hydrazone groups is 1. The quantitative estimate of drug-likeness (QED) is 0.209. The Hall–Kier alpha value is -4.43. The Bertz CT molecular complexity index is 1350. The van der Waals surface area contributed by atoms with E-state index in [-0.39, 0.29) is 5.69 Å². The summed E-state index contributed by atoms with van der Waals surface area (Å²) in [4.78, 5) is 23.8. The number of halogens is 1. The number of hydrogen-bond acceptors (Lipinski definition) is 6. The van der Waals surface area contributed by atoms with Crippen molar-refractivity contribution >= 4 is 29.7 Å². The molecule has 0 aliphatic carbocycles. The Kier molecular flexibility index (Phi) is 7.54. The van der Waals surface area contributed by atoms with Gasteiger partial charge in [-0.2, -0.15) is 10.2 Å². The number of benzene rings is 3. The van der Waals surface area contributed by atoms with Crippen LogP contribution in [0.5, 0.6) is 5.75 Å². The molecular formula is C26H21ClN4O4. The molecule has 0 aliphatic heterocycles. The van der Waals surface area contributed by atoms with E-state index >= 15 is 0 Å². The average Bonchev–Trinajstić information content (AvgIpc) is 3.39. The van der Waals surface area contributed by atoms with E-state index in [1.54, 1.807) is 30.3 Å². The number of aromatic amines is 1. The summed E-state index contributed by atoms with van der Waals surface area (Å²) in [5.41, 5.74) is 6.17. The van der Waals surface area contributed by atoms with Crippen molar-refractivity contribution in [3.63, 3.8) is 0 Å². The molecule has 0 aliphatic rings. The minimum Gasteiger partial charge on any atom is -0.489 e. The summed E-state index contributed by atoms with van der Waals surface area (Å²) < 4.78 is 10.5. The molecule has 0 bridgehead atoms. The number of amides is 1. The molecule has 0 radical (unpaired) electrons. The van der Waals surface area contributed by atoms with E-state index in [1.165, 1.54) is 13.3 Å². The average molecular weight is 489 g/mol. The number of hydrogen-bond donors (Lipinski definition) is 2. The molecule has 0 fully saturated rings. The number of nitrogens with one attached hydrogen (secondary N) is 2. The highest BCUT2D eigenvalue weighted by molar-refractivity contribution is 6.31. The van der Waals surface area contributed by atoms with Crippen LogP contribution in [0.4, 0.5) is 0 Å². The molecule has 0 unspecified atom stereocenters. The third kappa shape index (κ3) is 6.13. The van der Waals surface area contributed by atoms with E-state index in [0.717, 1.165) is 11.1 Å². The first-order valence-electron chi connectivity index (χ1n) is 10.6. The molecular weight excluding hydrogens is 468 g/mol. The maximum Gasteiger partial charge on any atom is 0.337 e. The highest BCUT2D eigenvalue weighted by Crippen LogP contribution is 2.23. The second-order valence-electron chi connectivity index (χ2n) is 7.38. The topological polar surface area (TPSA) is 106 Å². The molecule has 0 atom stereocenters.